The molecule has 1 N–H and O–H groups in total. The van der Waals surface area contributed by atoms with E-state index in [1.807, 2.05) is 42.5 Å². The predicted octanol–water partition coefficient (Wildman–Crippen LogP) is 3.49. The highest BCUT2D eigenvalue weighted by atomic mass is 19.1. The molecule has 0 aliphatic carbocycles. The molecule has 0 saturated carbocycles. The Morgan fingerprint density at radius 2 is 1.77 bits per heavy atom. The van der Waals surface area contributed by atoms with Crippen LogP contribution in [0.15, 0.2) is 66.7 Å². The van der Waals surface area contributed by atoms with Gasteiger partial charge in [0.25, 0.3) is 5.91 Å². The Hall–Kier alpha value is -3.21. The maximum atomic E-state index is 13.3. The minimum Gasteiger partial charge on any atom is -0.467 e. The molecule has 0 unspecified atom stereocenters. The molecule has 26 heavy (non-hydrogen) atoms. The molecule has 0 aliphatic heterocycles. The van der Waals surface area contributed by atoms with Crippen molar-refractivity contribution >= 4 is 22.6 Å². The molecule has 5 heteroatoms. The standard InChI is InChI=1S/C21H18FNO3/c1-26-21(25)19(23-20(24)17-7-4-8-18(22)13-17)12-14-9-10-15-5-2-3-6-16(15)11-14/h2-11,13,19H,12H2,1H3,(H,23,24)/t19-/m1/s1. The number of hydrogen-bond acceptors (Lipinski definition) is 3. The van der Waals surface area contributed by atoms with Gasteiger partial charge in [0.05, 0.1) is 7.11 Å². The van der Waals surface area contributed by atoms with Gasteiger partial charge in [0, 0.05) is 12.0 Å². The number of benzene rings is 3. The van der Waals surface area contributed by atoms with E-state index in [9.17, 15) is 14.0 Å². The number of amides is 1. The average Bonchev–Trinajstić information content (AvgIpc) is 2.66. The fraction of sp³-hybridized carbons (Fsp3) is 0.143. The van der Waals surface area contributed by atoms with Gasteiger partial charge >= 0.3 is 5.97 Å². The van der Waals surface area contributed by atoms with Crippen LogP contribution in [0.25, 0.3) is 10.8 Å². The zero-order chi connectivity index (χ0) is 18.5. The highest BCUT2D eigenvalue weighted by Crippen LogP contribution is 2.17. The number of rotatable bonds is 5. The lowest BCUT2D eigenvalue weighted by Crippen LogP contribution is -2.43. The van der Waals surface area contributed by atoms with Crippen molar-refractivity contribution in [3.8, 4) is 0 Å². The number of carbonyl (C=O) groups is 2. The van der Waals surface area contributed by atoms with Crippen LogP contribution in [0.3, 0.4) is 0 Å². The number of ether oxygens (including phenoxy) is 1. The molecular formula is C21H18FNO3. The molecule has 3 rings (SSSR count). The summed E-state index contributed by atoms with van der Waals surface area (Å²) in [6, 6.07) is 18.2. The Morgan fingerprint density at radius 3 is 2.50 bits per heavy atom. The third-order valence-corrected chi connectivity index (χ3v) is 4.13. The number of carbonyl (C=O) groups excluding carboxylic acids is 2. The Kier molecular flexibility index (Phi) is 5.27. The van der Waals surface area contributed by atoms with Gasteiger partial charge in [0.15, 0.2) is 0 Å². The molecule has 0 aliphatic rings. The first kappa shape index (κ1) is 17.6. The zero-order valence-electron chi connectivity index (χ0n) is 14.2. The molecule has 0 radical (unpaired) electrons. The van der Waals surface area contributed by atoms with Gasteiger partial charge in [-0.1, -0.05) is 48.5 Å². The van der Waals surface area contributed by atoms with Crippen molar-refractivity contribution in [2.24, 2.45) is 0 Å². The SMILES string of the molecule is COC(=O)[C@@H](Cc1ccc2ccccc2c1)NC(=O)c1cccc(F)c1. The molecule has 1 amide bonds. The monoisotopic (exact) mass is 351 g/mol. The summed E-state index contributed by atoms with van der Waals surface area (Å²) in [6.07, 6.45) is 0.276. The second-order valence-corrected chi connectivity index (χ2v) is 5.95. The van der Waals surface area contributed by atoms with E-state index in [1.54, 1.807) is 0 Å². The van der Waals surface area contributed by atoms with Crippen molar-refractivity contribution in [2.45, 2.75) is 12.5 Å². The zero-order valence-corrected chi connectivity index (χ0v) is 14.2. The van der Waals surface area contributed by atoms with E-state index >= 15 is 0 Å². The van der Waals surface area contributed by atoms with Gasteiger partial charge in [-0.3, -0.25) is 4.79 Å². The minimum atomic E-state index is -0.864. The molecule has 0 spiro atoms. The third kappa shape index (κ3) is 4.06. The Labute approximate surface area is 150 Å². The van der Waals surface area contributed by atoms with Crippen molar-refractivity contribution in [1.29, 1.82) is 0 Å². The van der Waals surface area contributed by atoms with Crippen LogP contribution in [0.5, 0.6) is 0 Å². The summed E-state index contributed by atoms with van der Waals surface area (Å²) >= 11 is 0. The molecule has 0 aromatic heterocycles. The van der Waals surface area contributed by atoms with E-state index in [-0.39, 0.29) is 12.0 Å². The fourth-order valence-electron chi connectivity index (χ4n) is 2.81. The second kappa shape index (κ2) is 7.78. The van der Waals surface area contributed by atoms with Crippen molar-refractivity contribution in [3.63, 3.8) is 0 Å². The number of esters is 1. The second-order valence-electron chi connectivity index (χ2n) is 5.95. The van der Waals surface area contributed by atoms with Crippen LogP contribution in [-0.2, 0) is 16.0 Å². The van der Waals surface area contributed by atoms with Crippen molar-refractivity contribution < 1.29 is 18.7 Å². The van der Waals surface area contributed by atoms with Crippen LogP contribution in [0.4, 0.5) is 4.39 Å². The largest absolute Gasteiger partial charge is 0.467 e. The van der Waals surface area contributed by atoms with Gasteiger partial charge in [0.1, 0.15) is 11.9 Å². The van der Waals surface area contributed by atoms with E-state index in [4.69, 9.17) is 4.74 Å². The number of hydrogen-bond donors (Lipinski definition) is 1. The van der Waals surface area contributed by atoms with Gasteiger partial charge in [0.2, 0.25) is 0 Å². The highest BCUT2D eigenvalue weighted by molar-refractivity contribution is 5.96. The number of methoxy groups -OCH3 is 1. The maximum Gasteiger partial charge on any atom is 0.328 e. The first-order chi connectivity index (χ1) is 12.6. The van der Waals surface area contributed by atoms with Crippen LogP contribution in [0, 0.1) is 5.82 Å². The average molecular weight is 351 g/mol. The Balaban J connectivity index is 1.81. The quantitative estimate of drug-likeness (QED) is 0.716. The Morgan fingerprint density at radius 1 is 1.00 bits per heavy atom. The lowest BCUT2D eigenvalue weighted by molar-refractivity contribution is -0.142. The highest BCUT2D eigenvalue weighted by Gasteiger charge is 2.23. The minimum absolute atomic E-state index is 0.150. The summed E-state index contributed by atoms with van der Waals surface area (Å²) in [4.78, 5) is 24.4. The molecular weight excluding hydrogens is 333 g/mol. The molecule has 3 aromatic rings. The van der Waals surface area contributed by atoms with Gasteiger partial charge < -0.3 is 10.1 Å². The molecule has 0 bridgehead atoms. The predicted molar refractivity (Wildman–Crippen MR) is 97.3 cm³/mol. The van der Waals surface area contributed by atoms with E-state index in [2.05, 4.69) is 5.32 Å². The molecule has 132 valence electrons. The van der Waals surface area contributed by atoms with E-state index in [0.29, 0.717) is 0 Å². The molecule has 0 fully saturated rings. The number of halogens is 1. The summed E-state index contributed by atoms with van der Waals surface area (Å²) < 4.78 is 18.1. The lowest BCUT2D eigenvalue weighted by Gasteiger charge is -2.17. The fourth-order valence-corrected chi connectivity index (χ4v) is 2.81. The Bertz CT molecular complexity index is 955. The van der Waals surface area contributed by atoms with Crippen molar-refractivity contribution in [2.75, 3.05) is 7.11 Å². The molecule has 4 nitrogen and oxygen atoms in total. The normalized spacial score (nSPS) is 11.8. The van der Waals surface area contributed by atoms with Crippen LogP contribution in [0.2, 0.25) is 0 Å². The first-order valence-electron chi connectivity index (χ1n) is 8.19. The van der Waals surface area contributed by atoms with E-state index < -0.39 is 23.7 Å². The topological polar surface area (TPSA) is 55.4 Å². The van der Waals surface area contributed by atoms with E-state index in [1.165, 1.54) is 25.3 Å². The number of fused-ring (bicyclic) bond motifs is 1. The van der Waals surface area contributed by atoms with Crippen LogP contribution < -0.4 is 5.32 Å². The molecule has 1 atom stereocenters. The number of nitrogens with one attached hydrogen (secondary N) is 1. The van der Waals surface area contributed by atoms with Gasteiger partial charge in [-0.15, -0.1) is 0 Å². The first-order valence-corrected chi connectivity index (χ1v) is 8.19. The summed E-state index contributed by atoms with van der Waals surface area (Å²) in [6.45, 7) is 0. The summed E-state index contributed by atoms with van der Waals surface area (Å²) in [7, 11) is 1.27. The van der Waals surface area contributed by atoms with Crippen molar-refractivity contribution in [1.82, 2.24) is 5.32 Å². The molecule has 0 saturated heterocycles. The van der Waals surface area contributed by atoms with Gasteiger partial charge in [-0.05, 0) is 34.5 Å². The van der Waals surface area contributed by atoms with Crippen LogP contribution >= 0.6 is 0 Å². The summed E-state index contributed by atoms with van der Waals surface area (Å²) in [5.41, 5.74) is 1.04. The summed E-state index contributed by atoms with van der Waals surface area (Å²) in [5.74, 6) is -1.59. The van der Waals surface area contributed by atoms with Gasteiger partial charge in [-0.25, -0.2) is 9.18 Å². The summed E-state index contributed by atoms with van der Waals surface area (Å²) in [5, 5.41) is 4.77. The maximum absolute atomic E-state index is 13.3. The van der Waals surface area contributed by atoms with Crippen LogP contribution in [-0.4, -0.2) is 25.0 Å². The smallest absolute Gasteiger partial charge is 0.328 e. The third-order valence-electron chi connectivity index (χ3n) is 4.13. The van der Waals surface area contributed by atoms with Crippen LogP contribution in [0.1, 0.15) is 15.9 Å². The molecule has 3 aromatic carbocycles. The lowest BCUT2D eigenvalue weighted by atomic mass is 10.0. The van der Waals surface area contributed by atoms with Gasteiger partial charge in [-0.2, -0.15) is 0 Å². The van der Waals surface area contributed by atoms with Crippen molar-refractivity contribution in [3.05, 3.63) is 83.7 Å². The molecule has 0 heterocycles. The van der Waals surface area contributed by atoms with E-state index in [0.717, 1.165) is 22.4 Å².